The van der Waals surface area contributed by atoms with Crippen molar-refractivity contribution in [3.63, 3.8) is 0 Å². The van der Waals surface area contributed by atoms with Crippen LogP contribution in [-0.4, -0.2) is 44.9 Å². The van der Waals surface area contributed by atoms with Crippen LogP contribution in [0.25, 0.3) is 11.0 Å². The van der Waals surface area contributed by atoms with Crippen molar-refractivity contribution < 1.29 is 22.4 Å². The van der Waals surface area contributed by atoms with Gasteiger partial charge in [-0.1, -0.05) is 29.8 Å². The van der Waals surface area contributed by atoms with E-state index >= 15 is 0 Å². The number of anilines is 1. The second-order valence-electron chi connectivity index (χ2n) is 6.67. The Kier molecular flexibility index (Phi) is 5.35. The lowest BCUT2D eigenvalue weighted by Gasteiger charge is -2.26. The fourth-order valence-electron chi connectivity index (χ4n) is 3.28. The zero-order valence-corrected chi connectivity index (χ0v) is 17.2. The van der Waals surface area contributed by atoms with Gasteiger partial charge in [0.05, 0.1) is 18.2 Å². The Labute approximate surface area is 173 Å². The molecule has 1 amide bonds. The van der Waals surface area contributed by atoms with E-state index in [9.17, 15) is 13.2 Å². The molecule has 0 unspecified atom stereocenters. The summed E-state index contributed by atoms with van der Waals surface area (Å²) < 4.78 is 38.1. The summed E-state index contributed by atoms with van der Waals surface area (Å²) in [6, 6.07) is 11.7. The normalized spacial score (nSPS) is 15.5. The molecular weight excluding hydrogens is 416 g/mol. The van der Waals surface area contributed by atoms with Crippen LogP contribution in [0.1, 0.15) is 16.1 Å². The standard InChI is InChI=1S/C20H19ClN2O5S/c1-13-15-4-2-3-5-17(15)28-19(13)20(24)22-14-6-7-16(21)18(12-14)29(25,26)23-8-10-27-11-9-23/h2-7,12H,8-11H2,1H3,(H,22,24). The average Bonchev–Trinajstić information content (AvgIpc) is 3.07. The van der Waals surface area contributed by atoms with Crippen molar-refractivity contribution in [1.29, 1.82) is 0 Å². The van der Waals surface area contributed by atoms with Crippen LogP contribution >= 0.6 is 11.6 Å². The van der Waals surface area contributed by atoms with Crippen molar-refractivity contribution in [2.75, 3.05) is 31.6 Å². The molecule has 1 fully saturated rings. The Bertz CT molecular complexity index is 1180. The van der Waals surface area contributed by atoms with Gasteiger partial charge in [0.2, 0.25) is 10.0 Å². The molecule has 4 rings (SSSR count). The highest BCUT2D eigenvalue weighted by molar-refractivity contribution is 7.89. The average molecular weight is 435 g/mol. The number of rotatable bonds is 4. The molecule has 0 saturated carbocycles. The summed E-state index contributed by atoms with van der Waals surface area (Å²) >= 11 is 6.16. The largest absolute Gasteiger partial charge is 0.451 e. The van der Waals surface area contributed by atoms with Crippen molar-refractivity contribution >= 4 is 44.2 Å². The van der Waals surface area contributed by atoms with Crippen LogP contribution in [0.4, 0.5) is 5.69 Å². The zero-order valence-electron chi connectivity index (χ0n) is 15.6. The van der Waals surface area contributed by atoms with Crippen molar-refractivity contribution in [2.24, 2.45) is 0 Å². The molecule has 152 valence electrons. The number of fused-ring (bicyclic) bond motifs is 1. The molecule has 0 atom stereocenters. The number of carbonyl (C=O) groups excluding carboxylic acids is 1. The third-order valence-electron chi connectivity index (χ3n) is 4.83. The number of hydrogen-bond donors (Lipinski definition) is 1. The van der Waals surface area contributed by atoms with Gasteiger partial charge in [-0.25, -0.2) is 8.42 Å². The third kappa shape index (κ3) is 3.76. The van der Waals surface area contributed by atoms with Gasteiger partial charge in [-0.3, -0.25) is 4.79 Å². The molecule has 9 heteroatoms. The Morgan fingerprint density at radius 3 is 2.59 bits per heavy atom. The molecule has 1 aliphatic rings. The van der Waals surface area contributed by atoms with Crippen LogP contribution in [0, 0.1) is 6.92 Å². The summed E-state index contributed by atoms with van der Waals surface area (Å²) in [6.45, 7) is 2.98. The fraction of sp³-hybridized carbons (Fsp3) is 0.250. The van der Waals surface area contributed by atoms with Gasteiger partial charge in [-0.05, 0) is 31.2 Å². The highest BCUT2D eigenvalue weighted by atomic mass is 35.5. The number of halogens is 1. The molecule has 7 nitrogen and oxygen atoms in total. The number of nitrogens with one attached hydrogen (secondary N) is 1. The van der Waals surface area contributed by atoms with Gasteiger partial charge in [0, 0.05) is 29.7 Å². The lowest BCUT2D eigenvalue weighted by Crippen LogP contribution is -2.40. The predicted octanol–water partition coefficient (Wildman–Crippen LogP) is 3.67. The molecule has 0 radical (unpaired) electrons. The maximum absolute atomic E-state index is 12.9. The molecule has 3 aromatic rings. The molecular formula is C20H19ClN2O5S. The number of aryl methyl sites for hydroxylation is 1. The van der Waals surface area contributed by atoms with E-state index in [-0.39, 0.29) is 28.8 Å². The second kappa shape index (κ2) is 7.79. The van der Waals surface area contributed by atoms with Crippen molar-refractivity contribution in [1.82, 2.24) is 4.31 Å². The van der Waals surface area contributed by atoms with Gasteiger partial charge in [0.15, 0.2) is 5.76 Å². The number of carbonyl (C=O) groups is 1. The number of amides is 1. The topological polar surface area (TPSA) is 88.9 Å². The van der Waals surface area contributed by atoms with Crippen LogP contribution in [0.15, 0.2) is 51.8 Å². The quantitative estimate of drug-likeness (QED) is 0.676. The maximum Gasteiger partial charge on any atom is 0.291 e. The van der Waals surface area contributed by atoms with Gasteiger partial charge in [0.25, 0.3) is 5.91 Å². The van der Waals surface area contributed by atoms with Gasteiger partial charge in [0.1, 0.15) is 10.5 Å². The number of furan rings is 1. The molecule has 1 aromatic heterocycles. The number of nitrogens with zero attached hydrogens (tertiary/aromatic N) is 1. The van der Waals surface area contributed by atoms with E-state index in [4.69, 9.17) is 20.8 Å². The molecule has 2 heterocycles. The molecule has 0 bridgehead atoms. The highest BCUT2D eigenvalue weighted by Crippen LogP contribution is 2.30. The van der Waals surface area contributed by atoms with Gasteiger partial charge < -0.3 is 14.5 Å². The lowest BCUT2D eigenvalue weighted by atomic mass is 10.1. The fourth-order valence-corrected chi connectivity index (χ4v) is 5.19. The van der Waals surface area contributed by atoms with Crippen LogP contribution in [0.5, 0.6) is 0 Å². The van der Waals surface area contributed by atoms with Crippen LogP contribution in [0.2, 0.25) is 5.02 Å². The Balaban J connectivity index is 1.63. The lowest BCUT2D eigenvalue weighted by molar-refractivity contribution is 0.0730. The highest BCUT2D eigenvalue weighted by Gasteiger charge is 2.29. The molecule has 0 aliphatic carbocycles. The van der Waals surface area contributed by atoms with E-state index in [1.54, 1.807) is 19.1 Å². The van der Waals surface area contributed by atoms with E-state index in [2.05, 4.69) is 5.32 Å². The van der Waals surface area contributed by atoms with E-state index < -0.39 is 15.9 Å². The Hall–Kier alpha value is -2.39. The second-order valence-corrected chi connectivity index (χ2v) is 8.98. The molecule has 2 aromatic carbocycles. The molecule has 1 aliphatic heterocycles. The third-order valence-corrected chi connectivity index (χ3v) is 7.21. The van der Waals surface area contributed by atoms with E-state index in [1.807, 2.05) is 18.2 Å². The first-order valence-corrected chi connectivity index (χ1v) is 10.9. The minimum Gasteiger partial charge on any atom is -0.451 e. The number of benzene rings is 2. The summed E-state index contributed by atoms with van der Waals surface area (Å²) in [5.41, 5.74) is 1.64. The van der Waals surface area contributed by atoms with E-state index in [0.717, 1.165) is 5.39 Å². The summed E-state index contributed by atoms with van der Waals surface area (Å²) in [5, 5.41) is 3.65. The monoisotopic (exact) mass is 434 g/mol. The summed E-state index contributed by atoms with van der Waals surface area (Å²) in [5.74, 6) is -0.283. The van der Waals surface area contributed by atoms with Gasteiger partial charge >= 0.3 is 0 Å². The first-order valence-electron chi connectivity index (χ1n) is 9.05. The minimum atomic E-state index is -3.80. The summed E-state index contributed by atoms with van der Waals surface area (Å²) in [6.07, 6.45) is 0. The van der Waals surface area contributed by atoms with Crippen LogP contribution in [-0.2, 0) is 14.8 Å². The summed E-state index contributed by atoms with van der Waals surface area (Å²) in [4.78, 5) is 12.7. The SMILES string of the molecule is Cc1c(C(=O)Nc2ccc(Cl)c(S(=O)(=O)N3CCOCC3)c2)oc2ccccc12. The van der Waals surface area contributed by atoms with Gasteiger partial charge in [-0.15, -0.1) is 0 Å². The first-order chi connectivity index (χ1) is 13.9. The number of hydrogen-bond acceptors (Lipinski definition) is 5. The molecule has 0 spiro atoms. The first kappa shape index (κ1) is 19.9. The van der Waals surface area contributed by atoms with Crippen molar-refractivity contribution in [2.45, 2.75) is 11.8 Å². The maximum atomic E-state index is 12.9. The Morgan fingerprint density at radius 1 is 1.14 bits per heavy atom. The van der Waals surface area contributed by atoms with E-state index in [1.165, 1.54) is 16.4 Å². The predicted molar refractivity (Wildman–Crippen MR) is 110 cm³/mol. The Morgan fingerprint density at radius 2 is 1.86 bits per heavy atom. The number of sulfonamides is 1. The van der Waals surface area contributed by atoms with E-state index in [0.29, 0.717) is 30.0 Å². The number of ether oxygens (including phenoxy) is 1. The van der Waals surface area contributed by atoms with Crippen molar-refractivity contribution in [3.05, 3.63) is 58.8 Å². The molecule has 29 heavy (non-hydrogen) atoms. The smallest absolute Gasteiger partial charge is 0.291 e. The minimum absolute atomic E-state index is 0.0554. The van der Waals surface area contributed by atoms with Crippen LogP contribution in [0.3, 0.4) is 0 Å². The molecule has 1 saturated heterocycles. The molecule has 1 N–H and O–H groups in total. The zero-order chi connectivity index (χ0) is 20.6. The summed E-state index contributed by atoms with van der Waals surface area (Å²) in [7, 11) is -3.80. The van der Waals surface area contributed by atoms with Crippen LogP contribution < -0.4 is 5.32 Å². The number of morpholine rings is 1. The van der Waals surface area contributed by atoms with Gasteiger partial charge in [-0.2, -0.15) is 4.31 Å². The number of para-hydroxylation sites is 1. The van der Waals surface area contributed by atoms with Crippen molar-refractivity contribution in [3.8, 4) is 0 Å².